The lowest BCUT2D eigenvalue weighted by molar-refractivity contribution is -0.132. The number of ether oxygens (including phenoxy) is 1. The molecule has 19 heavy (non-hydrogen) atoms. The van der Waals surface area contributed by atoms with Gasteiger partial charge in [0.15, 0.2) is 0 Å². The fraction of sp³-hybridized carbons (Fsp3) is 0.933. The first kappa shape index (κ1) is 14.8. The summed E-state index contributed by atoms with van der Waals surface area (Å²) in [6.45, 7) is 7.33. The fourth-order valence-corrected chi connectivity index (χ4v) is 3.28. The van der Waals surface area contributed by atoms with E-state index in [1.807, 2.05) is 0 Å². The molecule has 2 rings (SSSR count). The molecule has 1 aliphatic carbocycles. The largest absolute Gasteiger partial charge is 0.376 e. The molecule has 1 saturated heterocycles. The predicted molar refractivity (Wildman–Crippen MR) is 76.0 cm³/mol. The lowest BCUT2D eigenvalue weighted by Crippen LogP contribution is -2.47. The normalized spacial score (nSPS) is 28.2. The quantitative estimate of drug-likeness (QED) is 0.721. The monoisotopic (exact) mass is 268 g/mol. The van der Waals surface area contributed by atoms with Crippen LogP contribution >= 0.6 is 0 Å². The van der Waals surface area contributed by atoms with Gasteiger partial charge in [-0.2, -0.15) is 0 Å². The summed E-state index contributed by atoms with van der Waals surface area (Å²) in [5.41, 5.74) is -0.215. The molecule has 1 saturated carbocycles. The molecule has 110 valence electrons. The molecule has 2 fully saturated rings. The summed E-state index contributed by atoms with van der Waals surface area (Å²) >= 11 is 0. The average molecular weight is 268 g/mol. The smallest absolute Gasteiger partial charge is 0.227 e. The van der Waals surface area contributed by atoms with Gasteiger partial charge < -0.3 is 15.4 Å². The highest BCUT2D eigenvalue weighted by Crippen LogP contribution is 2.34. The van der Waals surface area contributed by atoms with E-state index in [0.717, 1.165) is 19.5 Å². The summed E-state index contributed by atoms with van der Waals surface area (Å²) in [5, 5.41) is 6.39. The van der Waals surface area contributed by atoms with Gasteiger partial charge >= 0.3 is 0 Å². The summed E-state index contributed by atoms with van der Waals surface area (Å²) in [6, 6.07) is 0. The number of carbonyl (C=O) groups is 1. The molecular formula is C15H28N2O2. The van der Waals surface area contributed by atoms with Crippen molar-refractivity contribution in [1.82, 2.24) is 10.6 Å². The van der Waals surface area contributed by atoms with E-state index in [1.54, 1.807) is 0 Å². The molecule has 1 atom stereocenters. The Morgan fingerprint density at radius 1 is 1.42 bits per heavy atom. The van der Waals surface area contributed by atoms with Gasteiger partial charge in [-0.1, -0.05) is 26.7 Å². The zero-order valence-corrected chi connectivity index (χ0v) is 12.3. The van der Waals surface area contributed by atoms with Gasteiger partial charge in [-0.15, -0.1) is 0 Å². The van der Waals surface area contributed by atoms with E-state index in [2.05, 4.69) is 24.5 Å². The number of amides is 1. The van der Waals surface area contributed by atoms with Crippen LogP contribution in [0.3, 0.4) is 0 Å². The predicted octanol–water partition coefficient (Wildman–Crippen LogP) is 1.70. The van der Waals surface area contributed by atoms with Crippen molar-refractivity contribution in [1.29, 1.82) is 0 Å². The number of rotatable bonds is 6. The van der Waals surface area contributed by atoms with Gasteiger partial charge in [-0.3, -0.25) is 4.79 Å². The molecule has 0 bridgehead atoms. The van der Waals surface area contributed by atoms with Gasteiger partial charge in [-0.25, -0.2) is 0 Å². The minimum atomic E-state index is -0.215. The Morgan fingerprint density at radius 3 is 2.74 bits per heavy atom. The summed E-state index contributed by atoms with van der Waals surface area (Å²) in [7, 11) is 0. The molecule has 1 aliphatic heterocycles. The Bertz CT molecular complexity index is 293. The average Bonchev–Trinajstić information content (AvgIpc) is 3.05. The number of hydrogen-bond donors (Lipinski definition) is 2. The van der Waals surface area contributed by atoms with Crippen molar-refractivity contribution in [3.05, 3.63) is 0 Å². The lowest BCUT2D eigenvalue weighted by atomic mass is 9.75. The Morgan fingerprint density at radius 2 is 2.16 bits per heavy atom. The van der Waals surface area contributed by atoms with Crippen molar-refractivity contribution >= 4 is 5.91 Å². The van der Waals surface area contributed by atoms with E-state index in [4.69, 9.17) is 4.74 Å². The third-order valence-electron chi connectivity index (χ3n) is 4.79. The van der Waals surface area contributed by atoms with Crippen LogP contribution in [0.5, 0.6) is 0 Å². The molecule has 0 aromatic rings. The first-order valence-corrected chi connectivity index (χ1v) is 7.76. The van der Waals surface area contributed by atoms with Crippen LogP contribution in [-0.4, -0.2) is 38.3 Å². The van der Waals surface area contributed by atoms with Crippen molar-refractivity contribution in [2.45, 2.75) is 52.1 Å². The van der Waals surface area contributed by atoms with Crippen LogP contribution in [0, 0.1) is 11.3 Å². The first-order valence-electron chi connectivity index (χ1n) is 7.76. The molecule has 0 aromatic carbocycles. The Balaban J connectivity index is 1.70. The highest BCUT2D eigenvalue weighted by Gasteiger charge is 2.43. The summed E-state index contributed by atoms with van der Waals surface area (Å²) < 4.78 is 5.78. The molecule has 4 heteroatoms. The van der Waals surface area contributed by atoms with Crippen molar-refractivity contribution in [3.8, 4) is 0 Å². The van der Waals surface area contributed by atoms with Gasteiger partial charge in [0, 0.05) is 13.1 Å². The maximum Gasteiger partial charge on any atom is 0.227 e. The minimum absolute atomic E-state index is 0.197. The number of nitrogens with one attached hydrogen (secondary N) is 2. The van der Waals surface area contributed by atoms with Crippen molar-refractivity contribution in [2.24, 2.45) is 11.3 Å². The zero-order chi connectivity index (χ0) is 13.7. The maximum atomic E-state index is 12.4. The SMILES string of the molecule is CC(C)C1(C(=O)NCCOC2CCCC2)CCNC1. The van der Waals surface area contributed by atoms with Gasteiger partial charge in [0.05, 0.1) is 18.1 Å². The minimum Gasteiger partial charge on any atom is -0.376 e. The maximum absolute atomic E-state index is 12.4. The Kier molecular flexibility index (Phi) is 5.22. The van der Waals surface area contributed by atoms with Crippen LogP contribution in [0.4, 0.5) is 0 Å². The third-order valence-corrected chi connectivity index (χ3v) is 4.79. The van der Waals surface area contributed by atoms with Crippen LogP contribution < -0.4 is 10.6 Å². The summed E-state index contributed by atoms with van der Waals surface area (Å²) in [5.74, 6) is 0.570. The molecule has 1 unspecified atom stereocenters. The van der Waals surface area contributed by atoms with E-state index in [9.17, 15) is 4.79 Å². The zero-order valence-electron chi connectivity index (χ0n) is 12.3. The molecule has 0 spiro atoms. The van der Waals surface area contributed by atoms with Crippen LogP contribution in [0.15, 0.2) is 0 Å². The van der Waals surface area contributed by atoms with Gasteiger partial charge in [0.1, 0.15) is 0 Å². The molecule has 4 nitrogen and oxygen atoms in total. The van der Waals surface area contributed by atoms with Crippen LogP contribution in [0.1, 0.15) is 46.0 Å². The Labute approximate surface area is 116 Å². The first-order chi connectivity index (χ1) is 9.15. The van der Waals surface area contributed by atoms with E-state index >= 15 is 0 Å². The second-order valence-electron chi connectivity index (χ2n) is 6.27. The van der Waals surface area contributed by atoms with E-state index < -0.39 is 0 Å². The van der Waals surface area contributed by atoms with Crippen LogP contribution in [-0.2, 0) is 9.53 Å². The molecule has 0 radical (unpaired) electrons. The third kappa shape index (κ3) is 3.48. The molecule has 2 aliphatic rings. The van der Waals surface area contributed by atoms with Gasteiger partial charge in [0.2, 0.25) is 5.91 Å². The molecule has 0 aromatic heterocycles. The molecule has 2 N–H and O–H groups in total. The van der Waals surface area contributed by atoms with Crippen molar-refractivity contribution < 1.29 is 9.53 Å². The van der Waals surface area contributed by atoms with Crippen LogP contribution in [0.2, 0.25) is 0 Å². The van der Waals surface area contributed by atoms with Crippen molar-refractivity contribution in [2.75, 3.05) is 26.2 Å². The highest BCUT2D eigenvalue weighted by atomic mass is 16.5. The van der Waals surface area contributed by atoms with E-state index in [1.165, 1.54) is 25.7 Å². The van der Waals surface area contributed by atoms with Crippen molar-refractivity contribution in [3.63, 3.8) is 0 Å². The summed E-state index contributed by atoms with van der Waals surface area (Å²) in [6.07, 6.45) is 6.34. The number of hydrogen-bond acceptors (Lipinski definition) is 3. The molecular weight excluding hydrogens is 240 g/mol. The highest BCUT2D eigenvalue weighted by molar-refractivity contribution is 5.83. The fourth-order valence-electron chi connectivity index (χ4n) is 3.28. The molecule has 1 heterocycles. The lowest BCUT2D eigenvalue weighted by Gasteiger charge is -2.31. The standard InChI is InChI=1S/C15H28N2O2/c1-12(2)15(7-8-16-11-15)14(18)17-9-10-19-13-5-3-4-6-13/h12-13,16H,3-11H2,1-2H3,(H,17,18). The van der Waals surface area contributed by atoms with Gasteiger partial charge in [0.25, 0.3) is 0 Å². The molecule has 1 amide bonds. The second kappa shape index (κ2) is 6.71. The van der Waals surface area contributed by atoms with E-state index in [0.29, 0.717) is 25.2 Å². The van der Waals surface area contributed by atoms with Gasteiger partial charge in [-0.05, 0) is 31.7 Å². The van der Waals surface area contributed by atoms with E-state index in [-0.39, 0.29) is 11.3 Å². The van der Waals surface area contributed by atoms with Crippen LogP contribution in [0.25, 0.3) is 0 Å². The number of carbonyl (C=O) groups excluding carboxylic acids is 1. The topological polar surface area (TPSA) is 50.4 Å². The summed E-state index contributed by atoms with van der Waals surface area (Å²) in [4.78, 5) is 12.4. The second-order valence-corrected chi connectivity index (χ2v) is 6.27. The Hall–Kier alpha value is -0.610.